The number of likely N-dealkylation sites (tertiary alicyclic amines) is 1. The van der Waals surface area contributed by atoms with Crippen LogP contribution in [0.1, 0.15) is 72.1 Å². The van der Waals surface area contributed by atoms with E-state index in [2.05, 4.69) is 11.4 Å². The molecule has 4 bridgehead atoms. The second kappa shape index (κ2) is 8.21. The average Bonchev–Trinajstić information content (AvgIpc) is 3.09. The molecule has 5 rings (SSSR count). The molecule has 5 fully saturated rings. The SMILES string of the molecule is CC(C)(C)OC(=O)C(NC12CC3CC(C1)CC(OS(C)(=O)=O)(C3)C2)C(=O)N1CCC[C@H]1C#N. The number of ether oxygens (including phenoxy) is 1. The Hall–Kier alpha value is -1.70. The van der Waals surface area contributed by atoms with Gasteiger partial charge < -0.3 is 9.64 Å². The summed E-state index contributed by atoms with van der Waals surface area (Å²) in [6.45, 7) is 5.68. The first-order valence-corrected chi connectivity index (χ1v) is 13.7. The fraction of sp³-hybridized carbons (Fsp3) is 0.870. The zero-order valence-corrected chi connectivity index (χ0v) is 20.7. The first kappa shape index (κ1) is 24.4. The summed E-state index contributed by atoms with van der Waals surface area (Å²) in [6.07, 6.45) is 6.67. The van der Waals surface area contributed by atoms with Crippen LogP contribution in [-0.4, -0.2) is 66.8 Å². The van der Waals surface area contributed by atoms with Gasteiger partial charge in [-0.1, -0.05) is 0 Å². The lowest BCUT2D eigenvalue weighted by atomic mass is 9.51. The van der Waals surface area contributed by atoms with E-state index in [1.54, 1.807) is 20.8 Å². The van der Waals surface area contributed by atoms with Gasteiger partial charge in [-0.15, -0.1) is 0 Å². The highest BCUT2D eigenvalue weighted by Crippen LogP contribution is 2.59. The number of carbonyl (C=O) groups is 2. The number of nitriles is 1. The van der Waals surface area contributed by atoms with E-state index >= 15 is 0 Å². The third kappa shape index (κ3) is 5.20. The number of nitrogens with one attached hydrogen (secondary N) is 1. The number of carbonyl (C=O) groups excluding carboxylic acids is 2. The molecule has 4 saturated carbocycles. The average molecular weight is 482 g/mol. The summed E-state index contributed by atoms with van der Waals surface area (Å²) in [7, 11) is -3.65. The molecule has 1 N–H and O–H groups in total. The maximum absolute atomic E-state index is 13.6. The molecule has 1 saturated heterocycles. The molecule has 0 spiro atoms. The van der Waals surface area contributed by atoms with Gasteiger partial charge in [0, 0.05) is 12.1 Å². The van der Waals surface area contributed by atoms with Crippen LogP contribution in [0.2, 0.25) is 0 Å². The van der Waals surface area contributed by atoms with E-state index in [1.807, 2.05) is 0 Å². The minimum Gasteiger partial charge on any atom is -0.458 e. The van der Waals surface area contributed by atoms with E-state index in [1.165, 1.54) is 4.90 Å². The van der Waals surface area contributed by atoms with Gasteiger partial charge in [-0.25, -0.2) is 4.79 Å². The maximum atomic E-state index is 13.6. The lowest BCUT2D eigenvalue weighted by molar-refractivity contribution is -0.167. The lowest BCUT2D eigenvalue weighted by Crippen LogP contribution is -2.69. The molecule has 10 heteroatoms. The maximum Gasteiger partial charge on any atom is 0.333 e. The predicted molar refractivity (Wildman–Crippen MR) is 119 cm³/mol. The summed E-state index contributed by atoms with van der Waals surface area (Å²) < 4.78 is 35.4. The number of hydrogen-bond donors (Lipinski definition) is 1. The van der Waals surface area contributed by atoms with E-state index in [-0.39, 0.29) is 11.8 Å². The normalized spacial score (nSPS) is 36.5. The highest BCUT2D eigenvalue weighted by atomic mass is 32.2. The van der Waals surface area contributed by atoms with Crippen molar-refractivity contribution >= 4 is 22.0 Å². The van der Waals surface area contributed by atoms with Crippen molar-refractivity contribution in [3.63, 3.8) is 0 Å². The molecule has 1 heterocycles. The Labute approximate surface area is 196 Å². The van der Waals surface area contributed by atoms with E-state index < -0.39 is 50.8 Å². The van der Waals surface area contributed by atoms with E-state index in [9.17, 15) is 23.3 Å². The van der Waals surface area contributed by atoms with Crippen LogP contribution in [-0.2, 0) is 28.6 Å². The highest BCUT2D eigenvalue weighted by Gasteiger charge is 2.61. The fourth-order valence-corrected chi connectivity index (χ4v) is 7.82. The van der Waals surface area contributed by atoms with Crippen molar-refractivity contribution in [1.82, 2.24) is 10.2 Å². The molecule has 0 aromatic rings. The van der Waals surface area contributed by atoms with Gasteiger partial charge in [-0.2, -0.15) is 13.7 Å². The Bertz CT molecular complexity index is 952. The minimum atomic E-state index is -3.65. The first-order valence-electron chi connectivity index (χ1n) is 11.8. The summed E-state index contributed by atoms with van der Waals surface area (Å²) in [5, 5.41) is 12.8. The number of nitrogens with zero attached hydrogens (tertiary/aromatic N) is 2. The molecular formula is C23H35N3O6S. The fourth-order valence-electron chi connectivity index (χ4n) is 6.98. The van der Waals surface area contributed by atoms with Gasteiger partial charge >= 0.3 is 5.97 Å². The summed E-state index contributed by atoms with van der Waals surface area (Å²) in [5.74, 6) is -0.561. The molecule has 4 atom stereocenters. The zero-order valence-electron chi connectivity index (χ0n) is 19.9. The molecule has 33 heavy (non-hydrogen) atoms. The van der Waals surface area contributed by atoms with Gasteiger partial charge in [0.1, 0.15) is 11.6 Å². The molecule has 184 valence electrons. The Kier molecular flexibility index (Phi) is 6.07. The van der Waals surface area contributed by atoms with E-state index in [0.29, 0.717) is 38.6 Å². The number of rotatable bonds is 6. The zero-order chi connectivity index (χ0) is 24.2. The molecule has 0 aromatic carbocycles. The molecule has 4 aliphatic carbocycles. The van der Waals surface area contributed by atoms with Crippen LogP contribution in [0.4, 0.5) is 0 Å². The largest absolute Gasteiger partial charge is 0.458 e. The quantitative estimate of drug-likeness (QED) is 0.346. The van der Waals surface area contributed by atoms with Crippen molar-refractivity contribution in [2.24, 2.45) is 11.8 Å². The summed E-state index contributed by atoms with van der Waals surface area (Å²) in [4.78, 5) is 28.3. The van der Waals surface area contributed by atoms with Crippen molar-refractivity contribution in [1.29, 1.82) is 5.26 Å². The van der Waals surface area contributed by atoms with Crippen LogP contribution >= 0.6 is 0 Å². The third-order valence-corrected chi connectivity index (χ3v) is 8.02. The molecule has 0 aromatic heterocycles. The molecule has 1 aliphatic heterocycles. The standard InChI is InChI=1S/C23H35N3O6S/c1-21(2,3)31-20(28)18(19(27)26-7-5-6-17(26)13-24)25-22-9-15-8-16(10-22)12-23(11-15,14-22)32-33(4,29)30/h15-18,25H,5-12,14H2,1-4H3/t15?,16?,17-,18?,22?,23?/m0/s1. The van der Waals surface area contributed by atoms with Crippen LogP contribution in [0.15, 0.2) is 0 Å². The van der Waals surface area contributed by atoms with Gasteiger partial charge in [0.15, 0.2) is 6.04 Å². The van der Waals surface area contributed by atoms with Crippen LogP contribution in [0.25, 0.3) is 0 Å². The monoisotopic (exact) mass is 481 g/mol. The topological polar surface area (TPSA) is 126 Å². The van der Waals surface area contributed by atoms with E-state index in [4.69, 9.17) is 8.92 Å². The minimum absolute atomic E-state index is 0.272. The van der Waals surface area contributed by atoms with Crippen LogP contribution < -0.4 is 5.32 Å². The predicted octanol–water partition coefficient (Wildman–Crippen LogP) is 1.87. The van der Waals surface area contributed by atoms with Gasteiger partial charge in [-0.05, 0) is 84.0 Å². The number of amides is 1. The van der Waals surface area contributed by atoms with Gasteiger partial charge in [0.05, 0.1) is 17.9 Å². The molecular weight excluding hydrogens is 446 g/mol. The molecule has 0 radical (unpaired) electrons. The van der Waals surface area contributed by atoms with Gasteiger partial charge in [0.25, 0.3) is 16.0 Å². The van der Waals surface area contributed by atoms with Crippen molar-refractivity contribution in [3.05, 3.63) is 0 Å². The lowest BCUT2D eigenvalue weighted by Gasteiger charge is -2.61. The van der Waals surface area contributed by atoms with Crippen molar-refractivity contribution in [2.75, 3.05) is 12.8 Å². The smallest absolute Gasteiger partial charge is 0.333 e. The number of hydrogen-bond acceptors (Lipinski definition) is 8. The van der Waals surface area contributed by atoms with Gasteiger partial charge in [0.2, 0.25) is 0 Å². The van der Waals surface area contributed by atoms with Gasteiger partial charge in [-0.3, -0.25) is 14.3 Å². The van der Waals surface area contributed by atoms with Crippen molar-refractivity contribution < 1.29 is 26.9 Å². The molecule has 9 nitrogen and oxygen atoms in total. The highest BCUT2D eigenvalue weighted by molar-refractivity contribution is 7.86. The molecule has 3 unspecified atom stereocenters. The Morgan fingerprint density at radius 1 is 1.18 bits per heavy atom. The van der Waals surface area contributed by atoms with Crippen molar-refractivity contribution in [2.45, 2.75) is 101 Å². The number of esters is 1. The Morgan fingerprint density at radius 3 is 2.36 bits per heavy atom. The molecule has 1 amide bonds. The summed E-state index contributed by atoms with van der Waals surface area (Å²) >= 11 is 0. The second-order valence-corrected chi connectivity index (χ2v) is 13.2. The van der Waals surface area contributed by atoms with Crippen LogP contribution in [0, 0.1) is 23.2 Å². The Morgan fingerprint density at radius 2 is 1.82 bits per heavy atom. The summed E-state index contributed by atoms with van der Waals surface area (Å²) in [6, 6.07) is 0.366. The van der Waals surface area contributed by atoms with E-state index in [0.717, 1.165) is 25.5 Å². The first-order chi connectivity index (χ1) is 15.2. The summed E-state index contributed by atoms with van der Waals surface area (Å²) in [5.41, 5.74) is -2.16. The van der Waals surface area contributed by atoms with Crippen molar-refractivity contribution in [3.8, 4) is 6.07 Å². The third-order valence-electron chi connectivity index (χ3n) is 7.36. The molecule has 5 aliphatic rings. The van der Waals surface area contributed by atoms with Crippen LogP contribution in [0.5, 0.6) is 0 Å². The second-order valence-electron chi connectivity index (χ2n) is 11.6. The van der Waals surface area contributed by atoms with Crippen LogP contribution in [0.3, 0.4) is 0 Å². The Balaban J connectivity index is 1.63.